The normalized spacial score (nSPS) is 14.6. The third-order valence-corrected chi connectivity index (χ3v) is 4.41. The van der Waals surface area contributed by atoms with E-state index >= 15 is 0 Å². The number of benzene rings is 2. The molecule has 0 fully saturated rings. The Morgan fingerprint density at radius 2 is 1.88 bits per heavy atom. The van der Waals surface area contributed by atoms with Crippen molar-refractivity contribution in [2.45, 2.75) is 6.92 Å². The molecule has 0 saturated carbocycles. The maximum Gasteiger partial charge on any atom is 0.275 e. The molecule has 4 rings (SSSR count). The number of aromatic nitrogens is 2. The van der Waals surface area contributed by atoms with E-state index in [1.165, 1.54) is 4.68 Å². The highest BCUT2D eigenvalue weighted by Crippen LogP contribution is 2.36. The summed E-state index contributed by atoms with van der Waals surface area (Å²) in [5.74, 6) is -0.156. The third kappa shape index (κ3) is 2.58. The number of fused-ring (bicyclic) bond motifs is 1. The van der Waals surface area contributed by atoms with E-state index in [1.54, 1.807) is 30.3 Å². The zero-order valence-corrected chi connectivity index (χ0v) is 14.1. The third-order valence-electron chi connectivity index (χ3n) is 4.16. The van der Waals surface area contributed by atoms with E-state index < -0.39 is 0 Å². The van der Waals surface area contributed by atoms with Crippen LogP contribution in [-0.2, 0) is 0 Å². The van der Waals surface area contributed by atoms with Crippen LogP contribution >= 0.6 is 11.6 Å². The highest BCUT2D eigenvalue weighted by Gasteiger charge is 2.20. The summed E-state index contributed by atoms with van der Waals surface area (Å²) in [6.07, 6.45) is 1.67. The number of rotatable bonds is 2. The second-order valence-corrected chi connectivity index (χ2v) is 6.20. The smallest absolute Gasteiger partial charge is 0.275 e. The van der Waals surface area contributed by atoms with Gasteiger partial charge in [-0.25, -0.2) is 4.68 Å². The van der Waals surface area contributed by atoms with Crippen molar-refractivity contribution in [2.24, 2.45) is 4.99 Å². The Hall–Kier alpha value is -3.05. The Labute approximate surface area is 148 Å². The second kappa shape index (κ2) is 5.79. The molecule has 2 aromatic carbocycles. The van der Waals surface area contributed by atoms with Crippen molar-refractivity contribution in [3.63, 3.8) is 0 Å². The van der Waals surface area contributed by atoms with E-state index in [0.29, 0.717) is 10.7 Å². The first-order chi connectivity index (χ1) is 12.0. The molecule has 0 spiro atoms. The fourth-order valence-electron chi connectivity index (χ4n) is 2.91. The lowest BCUT2D eigenvalue weighted by Crippen LogP contribution is -2.05. The van der Waals surface area contributed by atoms with Crippen LogP contribution in [0.5, 0.6) is 5.88 Å². The van der Waals surface area contributed by atoms with Gasteiger partial charge in [-0.3, -0.25) is 14.9 Å². The molecule has 1 aliphatic rings. The number of H-pyrrole nitrogens is 1. The van der Waals surface area contributed by atoms with Crippen LogP contribution in [0.2, 0.25) is 5.02 Å². The number of hydrogen-bond acceptors (Lipinski definition) is 3. The Morgan fingerprint density at radius 3 is 2.64 bits per heavy atom. The van der Waals surface area contributed by atoms with Crippen LogP contribution in [0, 0.1) is 0 Å². The minimum atomic E-state index is -0.378. The first-order valence-electron chi connectivity index (χ1n) is 7.71. The number of halogens is 1. The molecule has 0 saturated heterocycles. The van der Waals surface area contributed by atoms with Crippen molar-refractivity contribution in [1.29, 1.82) is 0 Å². The van der Waals surface area contributed by atoms with Crippen LogP contribution < -0.4 is 5.56 Å². The number of nitrogens with zero attached hydrogens (tertiary/aromatic N) is 2. The van der Waals surface area contributed by atoms with E-state index in [2.05, 4.69) is 10.1 Å². The van der Waals surface area contributed by atoms with Crippen molar-refractivity contribution < 1.29 is 5.11 Å². The lowest BCUT2D eigenvalue weighted by atomic mass is 10.0. The predicted octanol–water partition coefficient (Wildman–Crippen LogP) is 4.17. The van der Waals surface area contributed by atoms with Gasteiger partial charge in [0.1, 0.15) is 5.56 Å². The summed E-state index contributed by atoms with van der Waals surface area (Å²) in [5.41, 5.74) is 3.86. The van der Waals surface area contributed by atoms with Gasteiger partial charge in [0, 0.05) is 21.9 Å². The van der Waals surface area contributed by atoms with Crippen molar-refractivity contribution in [1.82, 2.24) is 9.78 Å². The summed E-state index contributed by atoms with van der Waals surface area (Å²) in [6.45, 7) is 1.88. The van der Waals surface area contributed by atoms with Gasteiger partial charge < -0.3 is 5.11 Å². The molecule has 1 aromatic heterocycles. The van der Waals surface area contributed by atoms with Gasteiger partial charge in [0.15, 0.2) is 0 Å². The van der Waals surface area contributed by atoms with Gasteiger partial charge in [0.2, 0.25) is 5.88 Å². The van der Waals surface area contributed by atoms with Crippen LogP contribution in [0.1, 0.15) is 18.1 Å². The SMILES string of the molecule is CC1=Nc2ccccc2/C1=C\c1c(O)n(-c2ccc(Cl)cc2)[nH]c1=O. The fraction of sp³-hybridized carbons (Fsp3) is 0.0526. The molecule has 0 atom stereocenters. The van der Waals surface area contributed by atoms with Gasteiger partial charge in [-0.2, -0.15) is 0 Å². The number of aliphatic imine (C=N–C) groups is 1. The van der Waals surface area contributed by atoms with Crippen molar-refractivity contribution in [3.05, 3.63) is 75.0 Å². The second-order valence-electron chi connectivity index (χ2n) is 5.76. The molecule has 0 radical (unpaired) electrons. The maximum absolute atomic E-state index is 12.4. The van der Waals surface area contributed by atoms with Crippen LogP contribution in [0.4, 0.5) is 5.69 Å². The van der Waals surface area contributed by atoms with Crippen molar-refractivity contribution in [3.8, 4) is 11.6 Å². The first kappa shape index (κ1) is 15.5. The molecule has 25 heavy (non-hydrogen) atoms. The van der Waals surface area contributed by atoms with E-state index in [1.807, 2.05) is 31.2 Å². The van der Waals surface area contributed by atoms with E-state index in [9.17, 15) is 9.90 Å². The topological polar surface area (TPSA) is 70.4 Å². The molecule has 2 heterocycles. The van der Waals surface area contributed by atoms with Gasteiger partial charge in [0.25, 0.3) is 5.56 Å². The quantitative estimate of drug-likeness (QED) is 0.727. The molecule has 0 bridgehead atoms. The Morgan fingerprint density at radius 1 is 1.16 bits per heavy atom. The number of aromatic amines is 1. The largest absolute Gasteiger partial charge is 0.493 e. The summed E-state index contributed by atoms with van der Waals surface area (Å²) in [6, 6.07) is 14.5. The number of para-hydroxylation sites is 1. The molecule has 0 unspecified atom stereocenters. The molecule has 3 aromatic rings. The molecule has 2 N–H and O–H groups in total. The molecule has 0 aliphatic carbocycles. The highest BCUT2D eigenvalue weighted by molar-refractivity contribution is 6.31. The van der Waals surface area contributed by atoms with Crippen molar-refractivity contribution >= 4 is 34.6 Å². The molecule has 1 aliphatic heterocycles. The average molecular weight is 352 g/mol. The Balaban J connectivity index is 1.84. The number of allylic oxidation sites excluding steroid dienone is 1. The summed E-state index contributed by atoms with van der Waals surface area (Å²) < 4.78 is 1.33. The summed E-state index contributed by atoms with van der Waals surface area (Å²) in [5, 5.41) is 13.8. The van der Waals surface area contributed by atoms with Gasteiger partial charge in [0.05, 0.1) is 11.4 Å². The molecule has 5 nitrogen and oxygen atoms in total. The number of nitrogens with one attached hydrogen (secondary N) is 1. The summed E-state index contributed by atoms with van der Waals surface area (Å²) in [7, 11) is 0. The lowest BCUT2D eigenvalue weighted by Gasteiger charge is -2.04. The maximum atomic E-state index is 12.4. The molecular weight excluding hydrogens is 338 g/mol. The Bertz CT molecular complexity index is 1090. The van der Waals surface area contributed by atoms with Crippen LogP contribution in [0.3, 0.4) is 0 Å². The minimum Gasteiger partial charge on any atom is -0.493 e. The monoisotopic (exact) mass is 351 g/mol. The minimum absolute atomic E-state index is 0.156. The fourth-order valence-corrected chi connectivity index (χ4v) is 3.03. The van der Waals surface area contributed by atoms with Crippen LogP contribution in [-0.4, -0.2) is 20.6 Å². The summed E-state index contributed by atoms with van der Waals surface area (Å²) >= 11 is 5.89. The molecular formula is C19H14ClN3O2. The number of hydrogen-bond donors (Lipinski definition) is 2. The predicted molar refractivity (Wildman–Crippen MR) is 100 cm³/mol. The van der Waals surface area contributed by atoms with Gasteiger partial charge >= 0.3 is 0 Å². The summed E-state index contributed by atoms with van der Waals surface area (Å²) in [4.78, 5) is 16.9. The highest BCUT2D eigenvalue weighted by atomic mass is 35.5. The number of aromatic hydroxyl groups is 1. The molecule has 0 amide bonds. The van der Waals surface area contributed by atoms with Crippen LogP contribution in [0.15, 0.2) is 58.3 Å². The van der Waals surface area contributed by atoms with Crippen LogP contribution in [0.25, 0.3) is 17.3 Å². The van der Waals surface area contributed by atoms with Gasteiger partial charge in [-0.05, 0) is 43.3 Å². The van der Waals surface area contributed by atoms with E-state index in [0.717, 1.165) is 22.5 Å². The molecule has 124 valence electrons. The molecule has 6 heteroatoms. The van der Waals surface area contributed by atoms with Gasteiger partial charge in [-0.15, -0.1) is 0 Å². The standard InChI is InChI=1S/C19H14ClN3O2/c1-11-15(14-4-2-3-5-17(14)21-11)10-16-18(24)22-23(19(16)25)13-8-6-12(20)7-9-13/h2-10,25H,1H3,(H,22,24)/b15-10-. The van der Waals surface area contributed by atoms with E-state index in [-0.39, 0.29) is 17.0 Å². The first-order valence-corrected chi connectivity index (χ1v) is 8.09. The zero-order valence-electron chi connectivity index (χ0n) is 13.3. The van der Waals surface area contributed by atoms with Gasteiger partial charge in [-0.1, -0.05) is 29.8 Å². The van der Waals surface area contributed by atoms with Crippen molar-refractivity contribution in [2.75, 3.05) is 0 Å². The Kier molecular flexibility index (Phi) is 3.58. The van der Waals surface area contributed by atoms with E-state index in [4.69, 9.17) is 11.6 Å². The zero-order chi connectivity index (χ0) is 17.6. The lowest BCUT2D eigenvalue weighted by molar-refractivity contribution is 0.432. The average Bonchev–Trinajstić information content (AvgIpc) is 3.07.